The fourth-order valence-corrected chi connectivity index (χ4v) is 2.49. The zero-order valence-corrected chi connectivity index (χ0v) is 13.8. The van der Waals surface area contributed by atoms with Gasteiger partial charge in [0, 0.05) is 16.9 Å². The van der Waals surface area contributed by atoms with Gasteiger partial charge in [-0.1, -0.05) is 75.9 Å². The summed E-state index contributed by atoms with van der Waals surface area (Å²) in [4.78, 5) is 0. The molecule has 1 N–H and O–H groups in total. The van der Waals surface area contributed by atoms with Crippen LogP contribution in [0.1, 0.15) is 38.3 Å². The molecule has 0 amide bonds. The van der Waals surface area contributed by atoms with Gasteiger partial charge in [-0.15, -0.1) is 0 Å². The molecule has 0 bridgehead atoms. The minimum Gasteiger partial charge on any atom is -0.355 e. The zero-order valence-electron chi connectivity index (χ0n) is 13.8. The van der Waals surface area contributed by atoms with Gasteiger partial charge < -0.3 is 5.32 Å². The predicted molar refractivity (Wildman–Crippen MR) is 98.0 cm³/mol. The molecule has 2 aromatic rings. The van der Waals surface area contributed by atoms with Crippen LogP contribution in [0.4, 0.5) is 5.69 Å². The summed E-state index contributed by atoms with van der Waals surface area (Å²) >= 11 is 0. The average molecular weight is 291 g/mol. The fourth-order valence-electron chi connectivity index (χ4n) is 2.49. The third-order valence-electron chi connectivity index (χ3n) is 4.17. The summed E-state index contributed by atoms with van der Waals surface area (Å²) in [5.74, 6) is 0. The quantitative estimate of drug-likeness (QED) is 0.642. The number of anilines is 1. The Kier molecular flexibility index (Phi) is 5.21. The molecule has 1 nitrogen and oxygen atoms in total. The van der Waals surface area contributed by atoms with Crippen LogP contribution in [0.2, 0.25) is 0 Å². The van der Waals surface area contributed by atoms with Crippen molar-refractivity contribution in [3.8, 4) is 0 Å². The molecule has 0 aliphatic carbocycles. The molecule has 22 heavy (non-hydrogen) atoms. The summed E-state index contributed by atoms with van der Waals surface area (Å²) in [6.45, 7) is 10.7. The first-order valence-electron chi connectivity index (χ1n) is 7.83. The van der Waals surface area contributed by atoms with Crippen molar-refractivity contribution < 1.29 is 0 Å². The Hall–Kier alpha value is -2.28. The number of benzene rings is 2. The van der Waals surface area contributed by atoms with Crippen molar-refractivity contribution in [1.82, 2.24) is 0 Å². The van der Waals surface area contributed by atoms with E-state index >= 15 is 0 Å². The van der Waals surface area contributed by atoms with Crippen LogP contribution in [0, 0.1) is 0 Å². The Morgan fingerprint density at radius 2 is 1.68 bits per heavy atom. The van der Waals surface area contributed by atoms with Crippen LogP contribution in [-0.4, -0.2) is 0 Å². The number of allylic oxidation sites excluding steroid dienone is 2. The first kappa shape index (κ1) is 16.1. The van der Waals surface area contributed by atoms with Crippen molar-refractivity contribution in [2.24, 2.45) is 0 Å². The maximum Gasteiger partial charge on any atom is 0.0460 e. The summed E-state index contributed by atoms with van der Waals surface area (Å²) < 4.78 is 0. The molecule has 0 fully saturated rings. The van der Waals surface area contributed by atoms with Gasteiger partial charge in [-0.05, 0) is 35.6 Å². The number of rotatable bonds is 6. The molecule has 0 saturated carbocycles. The van der Waals surface area contributed by atoms with E-state index in [1.807, 2.05) is 30.4 Å². The Balaban J connectivity index is 2.46. The van der Waals surface area contributed by atoms with Crippen LogP contribution in [0.25, 0.3) is 5.70 Å². The van der Waals surface area contributed by atoms with E-state index in [0.717, 1.165) is 17.8 Å². The summed E-state index contributed by atoms with van der Waals surface area (Å²) in [5, 5.41) is 3.52. The van der Waals surface area contributed by atoms with Crippen LogP contribution in [0.15, 0.2) is 73.3 Å². The second kappa shape index (κ2) is 7.13. The summed E-state index contributed by atoms with van der Waals surface area (Å²) in [7, 11) is 0. The normalized spacial score (nSPS) is 12.0. The third kappa shape index (κ3) is 3.67. The molecule has 114 valence electrons. The van der Waals surface area contributed by atoms with Gasteiger partial charge in [0.15, 0.2) is 0 Å². The van der Waals surface area contributed by atoms with E-state index in [0.29, 0.717) is 0 Å². The number of hydrogen-bond acceptors (Lipinski definition) is 1. The lowest BCUT2D eigenvalue weighted by Gasteiger charge is -2.27. The van der Waals surface area contributed by atoms with E-state index in [1.165, 1.54) is 11.1 Å². The summed E-state index contributed by atoms with van der Waals surface area (Å²) in [6.07, 6.45) is 4.97. The average Bonchev–Trinajstić information content (AvgIpc) is 2.55. The van der Waals surface area contributed by atoms with E-state index in [4.69, 9.17) is 0 Å². The van der Waals surface area contributed by atoms with Gasteiger partial charge in [-0.25, -0.2) is 0 Å². The van der Waals surface area contributed by atoms with Crippen molar-refractivity contribution in [2.75, 3.05) is 5.32 Å². The lowest BCUT2D eigenvalue weighted by Crippen LogP contribution is -2.18. The topological polar surface area (TPSA) is 12.0 Å². The first-order valence-corrected chi connectivity index (χ1v) is 7.83. The van der Waals surface area contributed by atoms with Gasteiger partial charge in [0.2, 0.25) is 0 Å². The maximum absolute atomic E-state index is 3.86. The maximum atomic E-state index is 3.86. The van der Waals surface area contributed by atoms with Gasteiger partial charge in [0.1, 0.15) is 0 Å². The highest BCUT2D eigenvalue weighted by Crippen LogP contribution is 2.33. The molecular weight excluding hydrogens is 266 g/mol. The molecule has 2 rings (SSSR count). The Morgan fingerprint density at radius 1 is 1.05 bits per heavy atom. The van der Waals surface area contributed by atoms with Crippen LogP contribution < -0.4 is 5.32 Å². The molecule has 0 radical (unpaired) electrons. The Bertz CT molecular complexity index is 651. The van der Waals surface area contributed by atoms with Crippen LogP contribution in [-0.2, 0) is 5.41 Å². The number of nitrogens with one attached hydrogen (secondary N) is 1. The Labute approximate surface area is 134 Å². The lowest BCUT2D eigenvalue weighted by atomic mass is 9.79. The predicted octanol–water partition coefficient (Wildman–Crippen LogP) is 6.01. The van der Waals surface area contributed by atoms with Gasteiger partial charge in [-0.2, -0.15) is 0 Å². The summed E-state index contributed by atoms with van der Waals surface area (Å²) in [5.41, 5.74) is 4.89. The van der Waals surface area contributed by atoms with Crippen molar-refractivity contribution >= 4 is 11.4 Å². The molecule has 0 aliphatic heterocycles. The monoisotopic (exact) mass is 291 g/mol. The Morgan fingerprint density at radius 3 is 2.32 bits per heavy atom. The van der Waals surface area contributed by atoms with Crippen LogP contribution >= 0.6 is 0 Å². The zero-order chi connectivity index (χ0) is 16.0. The molecule has 0 atom stereocenters. The van der Waals surface area contributed by atoms with E-state index in [2.05, 4.69) is 69.1 Å². The van der Waals surface area contributed by atoms with E-state index in [-0.39, 0.29) is 5.41 Å². The molecular formula is C21H25N. The minimum atomic E-state index is 0.134. The molecule has 0 saturated heterocycles. The number of para-hydroxylation sites is 1. The van der Waals surface area contributed by atoms with Crippen molar-refractivity contribution in [3.05, 3.63) is 84.5 Å². The highest BCUT2D eigenvalue weighted by Gasteiger charge is 2.22. The van der Waals surface area contributed by atoms with Crippen LogP contribution in [0.3, 0.4) is 0 Å². The smallest absolute Gasteiger partial charge is 0.0460 e. The second-order valence-electron chi connectivity index (χ2n) is 6.09. The van der Waals surface area contributed by atoms with Gasteiger partial charge in [0.05, 0.1) is 0 Å². The van der Waals surface area contributed by atoms with E-state index in [9.17, 15) is 0 Å². The van der Waals surface area contributed by atoms with Gasteiger partial charge >= 0.3 is 0 Å². The molecule has 0 aromatic heterocycles. The summed E-state index contributed by atoms with van der Waals surface area (Å²) in [6, 6.07) is 18.9. The second-order valence-corrected chi connectivity index (χ2v) is 6.09. The van der Waals surface area contributed by atoms with E-state index in [1.54, 1.807) is 0 Å². The van der Waals surface area contributed by atoms with Crippen molar-refractivity contribution in [3.63, 3.8) is 0 Å². The van der Waals surface area contributed by atoms with Crippen LogP contribution in [0.5, 0.6) is 0 Å². The minimum absolute atomic E-state index is 0.134. The SMILES string of the molecule is C=C/C=C(/Nc1ccccc1)c1ccccc1C(C)(C)CC. The lowest BCUT2D eigenvalue weighted by molar-refractivity contribution is 0.505. The van der Waals surface area contributed by atoms with E-state index < -0.39 is 0 Å². The molecule has 0 heterocycles. The number of hydrogen-bond donors (Lipinski definition) is 1. The molecule has 0 unspecified atom stereocenters. The molecule has 0 spiro atoms. The standard InChI is InChI=1S/C21H25N/c1-5-12-20(22-17-13-8-7-9-14-17)18-15-10-11-16-19(18)21(3,4)6-2/h5,7-16,22H,1,6H2,2-4H3/b20-12+. The van der Waals surface area contributed by atoms with Gasteiger partial charge in [0.25, 0.3) is 0 Å². The molecule has 0 aliphatic rings. The van der Waals surface area contributed by atoms with Crippen molar-refractivity contribution in [1.29, 1.82) is 0 Å². The molecule has 2 aromatic carbocycles. The molecule has 1 heteroatoms. The highest BCUT2D eigenvalue weighted by atomic mass is 14.9. The first-order chi connectivity index (χ1) is 10.6. The fraction of sp³-hybridized carbons (Fsp3) is 0.238. The van der Waals surface area contributed by atoms with Gasteiger partial charge in [-0.3, -0.25) is 0 Å². The highest BCUT2D eigenvalue weighted by molar-refractivity contribution is 5.79. The van der Waals surface area contributed by atoms with Crippen molar-refractivity contribution in [2.45, 2.75) is 32.6 Å². The third-order valence-corrected chi connectivity index (χ3v) is 4.17. The largest absolute Gasteiger partial charge is 0.355 e.